The minimum Gasteiger partial charge on any atom is -0.484 e. The number of halogens is 4. The molecule has 1 aliphatic rings. The fraction of sp³-hybridized carbons (Fsp3) is 0.650. The predicted octanol–water partition coefficient (Wildman–Crippen LogP) is 3.74. The number of hydrogen-bond donors (Lipinski definition) is 2. The molecular formula is C20H31F3IN3O3. The molecule has 2 N–H and O–H groups in total. The zero-order valence-corrected chi connectivity index (χ0v) is 19.5. The lowest BCUT2D eigenvalue weighted by molar-refractivity contribution is -0.153. The first-order valence-corrected chi connectivity index (χ1v) is 9.92. The number of nitrogens with one attached hydrogen (secondary N) is 2. The van der Waals surface area contributed by atoms with Gasteiger partial charge in [0.25, 0.3) is 0 Å². The molecule has 1 aromatic rings. The summed E-state index contributed by atoms with van der Waals surface area (Å²) in [5.41, 5.74) is 0.768. The Bertz CT molecular complexity index is 627. The minimum absolute atomic E-state index is 0. The third-order valence-corrected chi connectivity index (χ3v) is 4.20. The average Bonchev–Trinajstić information content (AvgIpc) is 3.20. The summed E-state index contributed by atoms with van der Waals surface area (Å²) in [6.45, 7) is 5.43. The highest BCUT2D eigenvalue weighted by Crippen LogP contribution is 2.19. The van der Waals surface area contributed by atoms with Crippen LogP contribution in [0.15, 0.2) is 29.3 Å². The third-order valence-electron chi connectivity index (χ3n) is 4.20. The largest absolute Gasteiger partial charge is 0.484 e. The summed E-state index contributed by atoms with van der Waals surface area (Å²) < 4.78 is 52.6. The molecule has 0 saturated carbocycles. The second-order valence-corrected chi connectivity index (χ2v) is 6.83. The fourth-order valence-electron chi connectivity index (χ4n) is 2.76. The van der Waals surface area contributed by atoms with Gasteiger partial charge < -0.3 is 24.8 Å². The van der Waals surface area contributed by atoms with Gasteiger partial charge in [-0.15, -0.1) is 24.0 Å². The van der Waals surface area contributed by atoms with E-state index in [0.717, 1.165) is 38.2 Å². The second-order valence-electron chi connectivity index (χ2n) is 6.83. The van der Waals surface area contributed by atoms with Crippen LogP contribution in [0.3, 0.4) is 0 Å². The van der Waals surface area contributed by atoms with Crippen LogP contribution in [0.4, 0.5) is 13.2 Å². The van der Waals surface area contributed by atoms with Crippen LogP contribution in [0, 0.1) is 5.92 Å². The molecule has 1 unspecified atom stereocenters. The van der Waals surface area contributed by atoms with Crippen molar-refractivity contribution in [2.75, 3.05) is 46.1 Å². The Morgan fingerprint density at radius 2 is 2.13 bits per heavy atom. The molecule has 10 heteroatoms. The van der Waals surface area contributed by atoms with E-state index in [4.69, 9.17) is 14.2 Å². The van der Waals surface area contributed by atoms with Gasteiger partial charge in [0, 0.05) is 32.2 Å². The molecule has 0 spiro atoms. The lowest BCUT2D eigenvalue weighted by atomic mass is 10.1. The van der Waals surface area contributed by atoms with Gasteiger partial charge in [-0.1, -0.05) is 12.1 Å². The molecule has 30 heavy (non-hydrogen) atoms. The molecule has 0 radical (unpaired) electrons. The van der Waals surface area contributed by atoms with Gasteiger partial charge in [-0.2, -0.15) is 13.2 Å². The van der Waals surface area contributed by atoms with E-state index in [2.05, 4.69) is 15.6 Å². The molecule has 172 valence electrons. The quantitative estimate of drug-likeness (QED) is 0.192. The molecule has 1 atom stereocenters. The topological polar surface area (TPSA) is 64.1 Å². The SMILES string of the molecule is CCNC(=NCc1cccc(OCC(F)(F)F)c1)NCCCOCC1CCOC1.I. The average molecular weight is 545 g/mol. The van der Waals surface area contributed by atoms with Crippen molar-refractivity contribution in [2.45, 2.75) is 32.5 Å². The van der Waals surface area contributed by atoms with E-state index < -0.39 is 12.8 Å². The molecule has 6 nitrogen and oxygen atoms in total. The monoisotopic (exact) mass is 545 g/mol. The van der Waals surface area contributed by atoms with Gasteiger partial charge in [-0.3, -0.25) is 0 Å². The molecule has 1 fully saturated rings. The van der Waals surface area contributed by atoms with Crippen LogP contribution in [0.5, 0.6) is 5.75 Å². The molecule has 1 saturated heterocycles. The summed E-state index contributed by atoms with van der Waals surface area (Å²) in [5, 5.41) is 6.38. The normalized spacial score (nSPS) is 16.8. The minimum atomic E-state index is -4.36. The van der Waals surface area contributed by atoms with E-state index in [9.17, 15) is 13.2 Å². The first kappa shape index (κ1) is 26.8. The van der Waals surface area contributed by atoms with Crippen molar-refractivity contribution in [3.8, 4) is 5.75 Å². The van der Waals surface area contributed by atoms with Gasteiger partial charge >= 0.3 is 6.18 Å². The Morgan fingerprint density at radius 3 is 2.83 bits per heavy atom. The number of benzene rings is 1. The van der Waals surface area contributed by atoms with Crippen LogP contribution < -0.4 is 15.4 Å². The molecule has 2 rings (SSSR count). The lowest BCUT2D eigenvalue weighted by Crippen LogP contribution is -2.38. The molecule has 0 bridgehead atoms. The third kappa shape index (κ3) is 11.8. The van der Waals surface area contributed by atoms with Crippen molar-refractivity contribution in [1.82, 2.24) is 10.6 Å². The Kier molecular flexibility index (Phi) is 13.1. The molecule has 1 aliphatic heterocycles. The standard InChI is InChI=1S/C20H30F3N3O3.HI/c1-2-24-19(25-8-4-9-27-13-17-7-10-28-14-17)26-12-16-5-3-6-18(11-16)29-15-20(21,22)23;/h3,5-6,11,17H,2,4,7-10,12-15H2,1H3,(H2,24,25,26);1H. The van der Waals surface area contributed by atoms with Crippen LogP contribution in [0.25, 0.3) is 0 Å². The van der Waals surface area contributed by atoms with E-state index in [-0.39, 0.29) is 29.7 Å². The summed E-state index contributed by atoms with van der Waals surface area (Å²) >= 11 is 0. The highest BCUT2D eigenvalue weighted by molar-refractivity contribution is 14.0. The molecule has 0 aliphatic carbocycles. The zero-order chi connectivity index (χ0) is 21.0. The van der Waals surface area contributed by atoms with Crippen molar-refractivity contribution in [3.63, 3.8) is 0 Å². The summed E-state index contributed by atoms with van der Waals surface area (Å²) in [4.78, 5) is 4.47. The Hall–Kier alpha value is -1.27. The number of guanidine groups is 1. The van der Waals surface area contributed by atoms with Gasteiger partial charge in [-0.05, 0) is 37.5 Å². The van der Waals surface area contributed by atoms with Gasteiger partial charge in [0.15, 0.2) is 12.6 Å². The van der Waals surface area contributed by atoms with Crippen molar-refractivity contribution >= 4 is 29.9 Å². The number of aliphatic imine (C=N–C) groups is 1. The van der Waals surface area contributed by atoms with Crippen molar-refractivity contribution in [1.29, 1.82) is 0 Å². The fourth-order valence-corrected chi connectivity index (χ4v) is 2.76. The van der Waals surface area contributed by atoms with E-state index in [1.165, 1.54) is 6.07 Å². The van der Waals surface area contributed by atoms with E-state index in [0.29, 0.717) is 38.1 Å². The first-order chi connectivity index (χ1) is 14.0. The summed E-state index contributed by atoms with van der Waals surface area (Å²) in [7, 11) is 0. The molecule has 0 amide bonds. The second kappa shape index (κ2) is 14.7. The van der Waals surface area contributed by atoms with Crippen molar-refractivity contribution in [3.05, 3.63) is 29.8 Å². The zero-order valence-electron chi connectivity index (χ0n) is 17.2. The number of nitrogens with zero attached hydrogens (tertiary/aromatic N) is 1. The lowest BCUT2D eigenvalue weighted by Gasteiger charge is -2.13. The Labute approximate surface area is 193 Å². The summed E-state index contributed by atoms with van der Waals surface area (Å²) in [6, 6.07) is 6.53. The van der Waals surface area contributed by atoms with Crippen molar-refractivity contribution in [2.24, 2.45) is 10.9 Å². The number of alkyl halides is 3. The molecule has 1 aromatic carbocycles. The number of rotatable bonds is 11. The Morgan fingerprint density at radius 1 is 1.30 bits per heavy atom. The van der Waals surface area contributed by atoms with Crippen LogP contribution >= 0.6 is 24.0 Å². The molecular weight excluding hydrogens is 514 g/mol. The van der Waals surface area contributed by atoms with Gasteiger partial charge in [-0.25, -0.2) is 4.99 Å². The Balaban J connectivity index is 0.00000450. The van der Waals surface area contributed by atoms with E-state index in [1.54, 1.807) is 18.2 Å². The molecule has 0 aromatic heterocycles. The van der Waals surface area contributed by atoms with Crippen LogP contribution in [0.1, 0.15) is 25.3 Å². The van der Waals surface area contributed by atoms with Gasteiger partial charge in [0.1, 0.15) is 5.75 Å². The summed E-state index contributed by atoms with van der Waals surface area (Å²) in [5.74, 6) is 1.34. The van der Waals surface area contributed by atoms with Gasteiger partial charge in [0.05, 0.1) is 19.8 Å². The maximum atomic E-state index is 12.3. The maximum Gasteiger partial charge on any atom is 0.422 e. The highest BCUT2D eigenvalue weighted by atomic mass is 127. The number of hydrogen-bond acceptors (Lipinski definition) is 4. The van der Waals surface area contributed by atoms with Crippen LogP contribution in [0.2, 0.25) is 0 Å². The number of ether oxygens (including phenoxy) is 3. The van der Waals surface area contributed by atoms with Crippen LogP contribution in [-0.4, -0.2) is 58.3 Å². The highest BCUT2D eigenvalue weighted by Gasteiger charge is 2.28. The van der Waals surface area contributed by atoms with Gasteiger partial charge in [0.2, 0.25) is 0 Å². The van der Waals surface area contributed by atoms with Crippen LogP contribution in [-0.2, 0) is 16.0 Å². The van der Waals surface area contributed by atoms with E-state index >= 15 is 0 Å². The predicted molar refractivity (Wildman–Crippen MR) is 121 cm³/mol. The smallest absolute Gasteiger partial charge is 0.422 e. The van der Waals surface area contributed by atoms with Crippen molar-refractivity contribution < 1.29 is 27.4 Å². The maximum absolute atomic E-state index is 12.3. The van der Waals surface area contributed by atoms with E-state index in [1.807, 2.05) is 6.92 Å². The first-order valence-electron chi connectivity index (χ1n) is 9.92. The molecule has 1 heterocycles. The summed E-state index contributed by atoms with van der Waals surface area (Å²) in [6.07, 6.45) is -2.44.